The summed E-state index contributed by atoms with van der Waals surface area (Å²) < 4.78 is 5.39. The lowest BCUT2D eigenvalue weighted by molar-refractivity contribution is -0.139. The van der Waals surface area contributed by atoms with Gasteiger partial charge in [-0.25, -0.2) is 0 Å². The predicted molar refractivity (Wildman–Crippen MR) is 128 cm³/mol. The summed E-state index contributed by atoms with van der Waals surface area (Å²) in [5.74, 6) is 0.236. The van der Waals surface area contributed by atoms with Crippen molar-refractivity contribution in [2.45, 2.75) is 12.5 Å². The summed E-state index contributed by atoms with van der Waals surface area (Å²) in [5, 5.41) is 0. The lowest BCUT2D eigenvalue weighted by Gasteiger charge is -2.40. The van der Waals surface area contributed by atoms with Crippen molar-refractivity contribution in [1.82, 2.24) is 14.8 Å². The third kappa shape index (κ3) is 4.80. The molecule has 1 saturated heterocycles. The highest BCUT2D eigenvalue weighted by Gasteiger charge is 2.38. The van der Waals surface area contributed by atoms with Crippen LogP contribution in [0, 0.1) is 0 Å². The smallest absolute Gasteiger partial charge is 0.258 e. The molecule has 0 aliphatic carbocycles. The summed E-state index contributed by atoms with van der Waals surface area (Å²) >= 11 is 0. The minimum Gasteiger partial charge on any atom is -0.496 e. The molecule has 6 heteroatoms. The first kappa shape index (κ1) is 22.3. The van der Waals surface area contributed by atoms with Crippen molar-refractivity contribution in [2.75, 3.05) is 26.7 Å². The quantitative estimate of drug-likeness (QED) is 0.523. The van der Waals surface area contributed by atoms with Gasteiger partial charge in [-0.3, -0.25) is 14.6 Å². The van der Waals surface area contributed by atoms with Crippen molar-refractivity contribution in [2.24, 2.45) is 0 Å². The topological polar surface area (TPSA) is 62.7 Å². The van der Waals surface area contributed by atoms with Crippen LogP contribution in [0.1, 0.15) is 15.9 Å². The number of amides is 2. The molecule has 33 heavy (non-hydrogen) atoms. The highest BCUT2D eigenvalue weighted by molar-refractivity contribution is 6.00. The average Bonchev–Trinajstić information content (AvgIpc) is 2.87. The maximum Gasteiger partial charge on any atom is 0.258 e. The molecule has 1 atom stereocenters. The molecule has 0 saturated carbocycles. The third-order valence-electron chi connectivity index (χ3n) is 5.91. The van der Waals surface area contributed by atoms with Crippen molar-refractivity contribution in [3.8, 4) is 16.9 Å². The Morgan fingerprint density at radius 1 is 1.09 bits per heavy atom. The SMILES string of the molecule is C=CCN1CCN(C(=O)c2ccccc2OC)C(Cc2ccc(-c3cccnc3)cc2)C1=O. The molecule has 2 heterocycles. The summed E-state index contributed by atoms with van der Waals surface area (Å²) in [6.07, 6.45) is 5.71. The fourth-order valence-corrected chi connectivity index (χ4v) is 4.18. The van der Waals surface area contributed by atoms with E-state index in [1.807, 2.05) is 48.7 Å². The Hall–Kier alpha value is -3.93. The molecule has 0 radical (unpaired) electrons. The Morgan fingerprint density at radius 3 is 2.58 bits per heavy atom. The normalized spacial score (nSPS) is 15.9. The number of methoxy groups -OCH3 is 1. The molecule has 0 bridgehead atoms. The summed E-state index contributed by atoms with van der Waals surface area (Å²) in [4.78, 5) is 34.4. The Bertz CT molecular complexity index is 1130. The van der Waals surface area contributed by atoms with E-state index in [-0.39, 0.29) is 11.8 Å². The number of para-hydroxylation sites is 1. The van der Waals surface area contributed by atoms with Crippen molar-refractivity contribution in [3.05, 3.63) is 96.8 Å². The van der Waals surface area contributed by atoms with Gasteiger partial charge in [0.25, 0.3) is 5.91 Å². The number of piperazine rings is 1. The fraction of sp³-hybridized carbons (Fsp3) is 0.222. The number of aromatic nitrogens is 1. The van der Waals surface area contributed by atoms with Crippen molar-refractivity contribution in [1.29, 1.82) is 0 Å². The number of hydrogen-bond donors (Lipinski definition) is 0. The third-order valence-corrected chi connectivity index (χ3v) is 5.91. The fourth-order valence-electron chi connectivity index (χ4n) is 4.18. The minimum absolute atomic E-state index is 0.0688. The maximum atomic E-state index is 13.5. The monoisotopic (exact) mass is 441 g/mol. The van der Waals surface area contributed by atoms with E-state index in [2.05, 4.69) is 11.6 Å². The Labute approximate surface area is 194 Å². The van der Waals surface area contributed by atoms with Gasteiger partial charge < -0.3 is 14.5 Å². The zero-order valence-electron chi connectivity index (χ0n) is 18.7. The van der Waals surface area contributed by atoms with E-state index in [0.29, 0.717) is 37.4 Å². The molecule has 2 aromatic carbocycles. The number of hydrogen-bond acceptors (Lipinski definition) is 4. The highest BCUT2D eigenvalue weighted by atomic mass is 16.5. The van der Waals surface area contributed by atoms with E-state index in [9.17, 15) is 9.59 Å². The van der Waals surface area contributed by atoms with Crippen LogP contribution in [-0.4, -0.2) is 59.4 Å². The number of benzene rings is 2. The minimum atomic E-state index is -0.597. The molecule has 1 aliphatic heterocycles. The second-order valence-electron chi connectivity index (χ2n) is 7.93. The lowest BCUT2D eigenvalue weighted by Crippen LogP contribution is -2.59. The second-order valence-corrected chi connectivity index (χ2v) is 7.93. The maximum absolute atomic E-state index is 13.5. The summed E-state index contributed by atoms with van der Waals surface area (Å²) in [6.45, 7) is 5.16. The van der Waals surface area contributed by atoms with Crippen molar-refractivity contribution in [3.63, 3.8) is 0 Å². The van der Waals surface area contributed by atoms with Crippen LogP contribution in [0.5, 0.6) is 5.75 Å². The molecule has 4 rings (SSSR count). The predicted octanol–water partition coefficient (Wildman–Crippen LogP) is 3.84. The standard InChI is InChI=1S/C27H27N3O3/c1-3-15-29-16-17-30(26(31)23-8-4-5-9-25(23)33-2)24(27(29)32)18-20-10-12-21(13-11-20)22-7-6-14-28-19-22/h3-14,19,24H,1,15-18H2,2H3. The van der Waals surface area contributed by atoms with E-state index in [1.54, 1.807) is 47.4 Å². The molecule has 3 aromatic rings. The van der Waals surface area contributed by atoms with Gasteiger partial charge in [-0.1, -0.05) is 48.5 Å². The van der Waals surface area contributed by atoms with Gasteiger partial charge in [-0.2, -0.15) is 0 Å². The Balaban J connectivity index is 1.61. The van der Waals surface area contributed by atoms with Crippen LogP contribution in [-0.2, 0) is 11.2 Å². The molecule has 6 nitrogen and oxygen atoms in total. The van der Waals surface area contributed by atoms with Gasteiger partial charge >= 0.3 is 0 Å². The zero-order chi connectivity index (χ0) is 23.2. The second kappa shape index (κ2) is 10.1. The van der Waals surface area contributed by atoms with E-state index < -0.39 is 6.04 Å². The van der Waals surface area contributed by atoms with Crippen LogP contribution in [0.15, 0.2) is 85.7 Å². The zero-order valence-corrected chi connectivity index (χ0v) is 18.7. The van der Waals surface area contributed by atoms with Gasteiger partial charge in [0.1, 0.15) is 11.8 Å². The van der Waals surface area contributed by atoms with E-state index in [4.69, 9.17) is 4.74 Å². The summed E-state index contributed by atoms with van der Waals surface area (Å²) in [6, 6.07) is 18.5. The largest absolute Gasteiger partial charge is 0.496 e. The first-order chi connectivity index (χ1) is 16.1. The Morgan fingerprint density at radius 2 is 1.88 bits per heavy atom. The van der Waals surface area contributed by atoms with Gasteiger partial charge in [0, 0.05) is 38.4 Å². The number of pyridine rings is 1. The van der Waals surface area contributed by atoms with Crippen LogP contribution in [0.3, 0.4) is 0 Å². The van der Waals surface area contributed by atoms with Crippen LogP contribution >= 0.6 is 0 Å². The first-order valence-electron chi connectivity index (χ1n) is 11.0. The Kier molecular flexibility index (Phi) is 6.83. The summed E-state index contributed by atoms with van der Waals surface area (Å²) in [7, 11) is 1.54. The number of carbonyl (C=O) groups is 2. The molecular formula is C27H27N3O3. The van der Waals surface area contributed by atoms with Gasteiger partial charge in [-0.05, 0) is 34.9 Å². The van der Waals surface area contributed by atoms with Gasteiger partial charge in [0.2, 0.25) is 5.91 Å². The lowest BCUT2D eigenvalue weighted by atomic mass is 9.98. The van der Waals surface area contributed by atoms with Crippen molar-refractivity contribution >= 4 is 11.8 Å². The molecule has 1 unspecified atom stereocenters. The summed E-state index contributed by atoms with van der Waals surface area (Å²) in [5.41, 5.74) is 3.53. The van der Waals surface area contributed by atoms with E-state index in [0.717, 1.165) is 16.7 Å². The molecule has 2 amide bonds. The molecule has 0 N–H and O–H groups in total. The van der Waals surface area contributed by atoms with Crippen LogP contribution in [0.4, 0.5) is 0 Å². The number of carbonyl (C=O) groups excluding carboxylic acids is 2. The molecule has 168 valence electrons. The number of nitrogens with zero attached hydrogens (tertiary/aromatic N) is 3. The van der Waals surface area contributed by atoms with E-state index in [1.165, 1.54) is 0 Å². The molecule has 1 aromatic heterocycles. The van der Waals surface area contributed by atoms with E-state index >= 15 is 0 Å². The van der Waals surface area contributed by atoms with Gasteiger partial charge in [-0.15, -0.1) is 6.58 Å². The highest BCUT2D eigenvalue weighted by Crippen LogP contribution is 2.25. The van der Waals surface area contributed by atoms with Gasteiger partial charge in [0.05, 0.1) is 12.7 Å². The number of ether oxygens (including phenoxy) is 1. The molecule has 1 fully saturated rings. The van der Waals surface area contributed by atoms with Crippen LogP contribution in [0.25, 0.3) is 11.1 Å². The molecular weight excluding hydrogens is 414 g/mol. The number of rotatable bonds is 7. The first-order valence-corrected chi connectivity index (χ1v) is 11.0. The van der Waals surface area contributed by atoms with Crippen LogP contribution < -0.4 is 4.74 Å². The van der Waals surface area contributed by atoms with Crippen molar-refractivity contribution < 1.29 is 14.3 Å². The molecule has 0 spiro atoms. The van der Waals surface area contributed by atoms with Crippen LogP contribution in [0.2, 0.25) is 0 Å². The molecule has 1 aliphatic rings. The van der Waals surface area contributed by atoms with Gasteiger partial charge in [0.15, 0.2) is 0 Å². The average molecular weight is 442 g/mol.